The Kier molecular flexibility index (Phi) is 3.92. The van der Waals surface area contributed by atoms with Gasteiger partial charge >= 0.3 is 0 Å². The summed E-state index contributed by atoms with van der Waals surface area (Å²) < 4.78 is 2.35. The fraction of sp³-hybridized carbons (Fsp3) is 0.333. The first kappa shape index (κ1) is 15.9. The van der Waals surface area contributed by atoms with E-state index in [9.17, 15) is 0 Å². The van der Waals surface area contributed by atoms with Gasteiger partial charge in [0.25, 0.3) is 0 Å². The number of hydrogen-bond donors (Lipinski definition) is 0. The third kappa shape index (κ3) is 2.09. The van der Waals surface area contributed by atoms with Gasteiger partial charge in [0.2, 0.25) is 0 Å². The molecule has 0 radical (unpaired) electrons. The van der Waals surface area contributed by atoms with Gasteiger partial charge in [0.1, 0.15) is 0 Å². The Labute approximate surface area is 164 Å². The standard InChI is InChI=1S/C18H14Br4/c19-9-17(10-20)7-18(8-17)15-5-11(21)1-3-13(15)14-4-2-12(22)6-16(14)18/h1-6H,7-10H2. The van der Waals surface area contributed by atoms with Crippen molar-refractivity contribution in [1.29, 1.82) is 0 Å². The summed E-state index contributed by atoms with van der Waals surface area (Å²) in [4.78, 5) is 0. The van der Waals surface area contributed by atoms with Crippen molar-refractivity contribution in [3.63, 3.8) is 0 Å². The van der Waals surface area contributed by atoms with Gasteiger partial charge in [0.05, 0.1) is 0 Å². The van der Waals surface area contributed by atoms with Gasteiger partial charge in [0, 0.05) is 25.0 Å². The molecule has 0 atom stereocenters. The Morgan fingerprint density at radius 3 is 1.64 bits per heavy atom. The molecule has 0 bridgehead atoms. The molecule has 0 unspecified atom stereocenters. The molecule has 4 rings (SSSR count). The van der Waals surface area contributed by atoms with Crippen LogP contribution in [0.4, 0.5) is 0 Å². The first-order chi connectivity index (χ1) is 10.5. The van der Waals surface area contributed by atoms with E-state index >= 15 is 0 Å². The Balaban J connectivity index is 1.93. The quantitative estimate of drug-likeness (QED) is 0.352. The second-order valence-corrected chi connectivity index (χ2v) is 9.54. The lowest BCUT2D eigenvalue weighted by molar-refractivity contribution is 0.105. The molecule has 0 N–H and O–H groups in total. The molecule has 0 amide bonds. The minimum Gasteiger partial charge on any atom is -0.0922 e. The van der Waals surface area contributed by atoms with E-state index in [2.05, 4.69) is 100 Å². The molecule has 1 spiro atoms. The Bertz CT molecular complexity index is 700. The molecule has 0 aliphatic heterocycles. The summed E-state index contributed by atoms with van der Waals surface area (Å²) in [5.74, 6) is 0. The van der Waals surface area contributed by atoms with E-state index in [0.29, 0.717) is 5.41 Å². The molecular formula is C18H14Br4. The van der Waals surface area contributed by atoms with Crippen LogP contribution in [0.15, 0.2) is 45.3 Å². The van der Waals surface area contributed by atoms with Gasteiger partial charge in [-0.15, -0.1) is 0 Å². The number of alkyl halides is 2. The molecule has 1 saturated carbocycles. The van der Waals surface area contributed by atoms with Crippen LogP contribution in [0.2, 0.25) is 0 Å². The van der Waals surface area contributed by atoms with Crippen LogP contribution in [-0.4, -0.2) is 10.7 Å². The van der Waals surface area contributed by atoms with E-state index in [0.717, 1.165) is 10.7 Å². The lowest BCUT2D eigenvalue weighted by atomic mass is 9.51. The van der Waals surface area contributed by atoms with E-state index in [4.69, 9.17) is 0 Å². The third-order valence-electron chi connectivity index (χ3n) is 5.21. The highest BCUT2D eigenvalue weighted by Gasteiger charge is 2.58. The molecule has 2 aromatic carbocycles. The molecule has 1 fully saturated rings. The SMILES string of the molecule is BrCC1(CBr)CC2(C1)c1cc(Br)ccc1-c1ccc(Br)cc12. The molecule has 22 heavy (non-hydrogen) atoms. The van der Waals surface area contributed by atoms with Gasteiger partial charge in [-0.3, -0.25) is 0 Å². The van der Waals surface area contributed by atoms with Crippen LogP contribution in [0.1, 0.15) is 24.0 Å². The van der Waals surface area contributed by atoms with Gasteiger partial charge in [0.15, 0.2) is 0 Å². The van der Waals surface area contributed by atoms with E-state index < -0.39 is 0 Å². The van der Waals surface area contributed by atoms with Gasteiger partial charge in [-0.25, -0.2) is 0 Å². The topological polar surface area (TPSA) is 0 Å². The van der Waals surface area contributed by atoms with Crippen LogP contribution in [0, 0.1) is 5.41 Å². The Morgan fingerprint density at radius 2 is 1.23 bits per heavy atom. The smallest absolute Gasteiger partial charge is 0.0227 e. The van der Waals surface area contributed by atoms with Crippen molar-refractivity contribution in [3.05, 3.63) is 56.5 Å². The van der Waals surface area contributed by atoms with Crippen LogP contribution in [0.3, 0.4) is 0 Å². The van der Waals surface area contributed by atoms with Gasteiger partial charge < -0.3 is 0 Å². The first-order valence-corrected chi connectivity index (χ1v) is 11.1. The van der Waals surface area contributed by atoms with E-state index in [1.807, 2.05) is 0 Å². The van der Waals surface area contributed by atoms with Crippen molar-refractivity contribution in [1.82, 2.24) is 0 Å². The van der Waals surface area contributed by atoms with Crippen LogP contribution < -0.4 is 0 Å². The fourth-order valence-corrected chi connectivity index (χ4v) is 6.72. The highest BCUT2D eigenvalue weighted by Crippen LogP contribution is 2.66. The third-order valence-corrected chi connectivity index (χ3v) is 8.57. The van der Waals surface area contributed by atoms with E-state index in [1.54, 1.807) is 0 Å². The van der Waals surface area contributed by atoms with Crippen LogP contribution in [0.25, 0.3) is 11.1 Å². The maximum Gasteiger partial charge on any atom is 0.0227 e. The average Bonchev–Trinajstić information content (AvgIpc) is 2.74. The molecule has 114 valence electrons. The Morgan fingerprint density at radius 1 is 0.773 bits per heavy atom. The Hall–Kier alpha value is 0.360. The van der Waals surface area contributed by atoms with Crippen molar-refractivity contribution < 1.29 is 0 Å². The van der Waals surface area contributed by atoms with Crippen molar-refractivity contribution in [3.8, 4) is 11.1 Å². The maximum atomic E-state index is 3.73. The van der Waals surface area contributed by atoms with E-state index in [-0.39, 0.29) is 5.41 Å². The highest BCUT2D eigenvalue weighted by molar-refractivity contribution is 9.11. The molecule has 2 aliphatic carbocycles. The second-order valence-electron chi connectivity index (χ2n) is 6.58. The van der Waals surface area contributed by atoms with Crippen molar-refractivity contribution >= 4 is 63.7 Å². The second kappa shape index (κ2) is 5.44. The van der Waals surface area contributed by atoms with Gasteiger partial charge in [-0.2, -0.15) is 0 Å². The largest absolute Gasteiger partial charge is 0.0922 e. The maximum absolute atomic E-state index is 3.73. The molecule has 2 aromatic rings. The summed E-state index contributed by atoms with van der Waals surface area (Å²) in [6.07, 6.45) is 2.40. The average molecular weight is 550 g/mol. The first-order valence-electron chi connectivity index (χ1n) is 7.26. The number of fused-ring (bicyclic) bond motifs is 5. The summed E-state index contributed by atoms with van der Waals surface area (Å²) in [5.41, 5.74) is 6.34. The van der Waals surface area contributed by atoms with Crippen molar-refractivity contribution in [2.75, 3.05) is 10.7 Å². The number of rotatable bonds is 2. The molecule has 2 aliphatic rings. The number of benzene rings is 2. The summed E-state index contributed by atoms with van der Waals surface area (Å²) in [6.45, 7) is 0. The summed E-state index contributed by atoms with van der Waals surface area (Å²) >= 11 is 14.8. The lowest BCUT2D eigenvalue weighted by Crippen LogP contribution is -2.51. The fourth-order valence-electron chi connectivity index (χ4n) is 4.27. The molecule has 0 heterocycles. The zero-order valence-electron chi connectivity index (χ0n) is 11.8. The van der Waals surface area contributed by atoms with Crippen LogP contribution in [0.5, 0.6) is 0 Å². The normalized spacial score (nSPS) is 19.6. The predicted molar refractivity (Wildman–Crippen MR) is 107 cm³/mol. The number of halogens is 4. The summed E-state index contributed by atoms with van der Waals surface area (Å²) in [5, 5.41) is 2.11. The predicted octanol–water partition coefficient (Wildman–Crippen LogP) is 7.05. The van der Waals surface area contributed by atoms with E-state index in [1.165, 1.54) is 44.0 Å². The zero-order chi connectivity index (χ0) is 15.5. The van der Waals surface area contributed by atoms with Gasteiger partial charge in [-0.05, 0) is 64.8 Å². The minimum atomic E-state index is 0.180. The summed E-state index contributed by atoms with van der Waals surface area (Å²) in [6, 6.07) is 13.5. The number of hydrogen-bond acceptors (Lipinski definition) is 0. The highest BCUT2D eigenvalue weighted by atomic mass is 79.9. The van der Waals surface area contributed by atoms with Gasteiger partial charge in [-0.1, -0.05) is 75.9 Å². The van der Waals surface area contributed by atoms with Crippen molar-refractivity contribution in [2.45, 2.75) is 18.3 Å². The molecule has 0 nitrogen and oxygen atoms in total. The molecule has 0 saturated heterocycles. The minimum absolute atomic E-state index is 0.180. The zero-order valence-corrected chi connectivity index (χ0v) is 18.1. The van der Waals surface area contributed by atoms with Crippen molar-refractivity contribution in [2.24, 2.45) is 5.41 Å². The summed E-state index contributed by atoms with van der Waals surface area (Å²) in [7, 11) is 0. The molecule has 4 heteroatoms. The molecular weight excluding hydrogens is 536 g/mol. The van der Waals surface area contributed by atoms with Crippen LogP contribution >= 0.6 is 63.7 Å². The monoisotopic (exact) mass is 546 g/mol. The van der Waals surface area contributed by atoms with Crippen LogP contribution in [-0.2, 0) is 5.41 Å². The lowest BCUT2D eigenvalue weighted by Gasteiger charge is -2.55. The molecule has 0 aromatic heterocycles.